The molecule has 38 heavy (non-hydrogen) atoms. The molecule has 1 atom stereocenters. The zero-order valence-electron chi connectivity index (χ0n) is 21.3. The first-order valence-corrected chi connectivity index (χ1v) is 14.5. The minimum absolute atomic E-state index is 0.0949. The van der Waals surface area contributed by atoms with E-state index in [0.29, 0.717) is 16.7 Å². The van der Waals surface area contributed by atoms with Crippen molar-refractivity contribution in [3.63, 3.8) is 0 Å². The smallest absolute Gasteiger partial charge is 0.380 e. The minimum Gasteiger partial charge on any atom is -0.380 e. The summed E-state index contributed by atoms with van der Waals surface area (Å²) in [6, 6.07) is 9.65. The fraction of sp³-hybridized carbons (Fsp3) is 0.458. The molecule has 0 fully saturated rings. The number of fused-ring (bicyclic) bond motifs is 1. The molecule has 210 valence electrons. The SMILES string of the molecule is COCc1cc(C(C)(C)C)cc(COC)c1OS(=O)(=O)C(F)(F)S(=O)(=O)O/N=C1/c2ccccc2CC1Cl. The Hall–Kier alpha value is -2.32. The van der Waals surface area contributed by atoms with E-state index < -0.39 is 41.4 Å². The molecule has 0 amide bonds. The van der Waals surface area contributed by atoms with Crippen LogP contribution in [0.15, 0.2) is 41.6 Å². The van der Waals surface area contributed by atoms with Gasteiger partial charge in [-0.15, -0.1) is 11.6 Å². The third kappa shape index (κ3) is 5.96. The van der Waals surface area contributed by atoms with Crippen molar-refractivity contribution in [3.8, 4) is 5.75 Å². The Morgan fingerprint density at radius 2 is 1.53 bits per heavy atom. The van der Waals surface area contributed by atoms with Crippen LogP contribution in [0, 0.1) is 0 Å². The van der Waals surface area contributed by atoms with Gasteiger partial charge in [0, 0.05) is 30.9 Å². The van der Waals surface area contributed by atoms with Crippen molar-refractivity contribution < 1.29 is 43.6 Å². The number of hydrogen-bond acceptors (Lipinski definition) is 9. The lowest BCUT2D eigenvalue weighted by Gasteiger charge is -2.24. The van der Waals surface area contributed by atoms with Crippen molar-refractivity contribution in [2.24, 2.45) is 5.16 Å². The molecule has 0 bridgehead atoms. The van der Waals surface area contributed by atoms with Crippen LogP contribution < -0.4 is 4.18 Å². The zero-order valence-corrected chi connectivity index (χ0v) is 23.7. The average Bonchev–Trinajstić information content (AvgIpc) is 3.13. The lowest BCUT2D eigenvalue weighted by molar-refractivity contribution is 0.142. The van der Waals surface area contributed by atoms with Crippen molar-refractivity contribution in [1.29, 1.82) is 0 Å². The van der Waals surface area contributed by atoms with E-state index in [1.165, 1.54) is 26.4 Å². The summed E-state index contributed by atoms with van der Waals surface area (Å²) in [6.07, 6.45) is 0.257. The number of hydrogen-bond donors (Lipinski definition) is 0. The molecule has 1 aliphatic carbocycles. The Kier molecular flexibility index (Phi) is 8.79. The van der Waals surface area contributed by atoms with Crippen molar-refractivity contribution >= 4 is 37.5 Å². The van der Waals surface area contributed by atoms with Gasteiger partial charge in [-0.2, -0.15) is 25.6 Å². The second kappa shape index (κ2) is 11.0. The normalized spacial score (nSPS) is 17.5. The quantitative estimate of drug-likeness (QED) is 0.225. The Morgan fingerprint density at radius 3 is 2.05 bits per heavy atom. The van der Waals surface area contributed by atoms with Gasteiger partial charge >= 0.3 is 24.8 Å². The summed E-state index contributed by atoms with van der Waals surface area (Å²) in [4.78, 5) is 0. The Morgan fingerprint density at radius 1 is 0.974 bits per heavy atom. The highest BCUT2D eigenvalue weighted by Crippen LogP contribution is 2.38. The fourth-order valence-corrected chi connectivity index (χ4v) is 6.06. The molecular weight excluding hydrogens is 568 g/mol. The summed E-state index contributed by atoms with van der Waals surface area (Å²) >= 11 is 6.16. The van der Waals surface area contributed by atoms with E-state index in [9.17, 15) is 16.8 Å². The molecule has 2 aromatic carbocycles. The molecule has 0 aliphatic heterocycles. The summed E-state index contributed by atoms with van der Waals surface area (Å²) in [5.74, 6) is -0.534. The van der Waals surface area contributed by atoms with E-state index in [4.69, 9.17) is 25.3 Å². The van der Waals surface area contributed by atoms with Gasteiger partial charge in [-0.25, -0.2) is 0 Å². The predicted molar refractivity (Wildman–Crippen MR) is 137 cm³/mol. The van der Waals surface area contributed by atoms with Crippen molar-refractivity contribution in [2.75, 3.05) is 14.2 Å². The lowest BCUT2D eigenvalue weighted by Crippen LogP contribution is -2.41. The number of methoxy groups -OCH3 is 2. The molecule has 0 heterocycles. The van der Waals surface area contributed by atoms with Crippen LogP contribution in [0.3, 0.4) is 0 Å². The maximum Gasteiger partial charge on any atom is 0.519 e. The second-order valence-electron chi connectivity index (χ2n) is 9.57. The summed E-state index contributed by atoms with van der Waals surface area (Å²) in [5.41, 5.74) is 1.47. The summed E-state index contributed by atoms with van der Waals surface area (Å²) < 4.78 is 94.0. The lowest BCUT2D eigenvalue weighted by atomic mass is 9.85. The van der Waals surface area contributed by atoms with Crippen LogP contribution in [0.25, 0.3) is 0 Å². The highest BCUT2D eigenvalue weighted by atomic mass is 35.5. The van der Waals surface area contributed by atoms with Gasteiger partial charge < -0.3 is 13.7 Å². The minimum atomic E-state index is -6.19. The molecule has 0 spiro atoms. The monoisotopic (exact) mass is 595 g/mol. The first-order chi connectivity index (χ1) is 17.6. The number of halogens is 3. The molecule has 0 saturated carbocycles. The molecule has 14 heteroatoms. The topological polar surface area (TPSA) is 118 Å². The largest absolute Gasteiger partial charge is 0.519 e. The summed E-state index contributed by atoms with van der Waals surface area (Å²) in [6.45, 7) is 5.23. The number of ether oxygens (including phenoxy) is 2. The van der Waals surface area contributed by atoms with Crippen LogP contribution in [0.1, 0.15) is 48.6 Å². The third-order valence-corrected chi connectivity index (χ3v) is 9.11. The molecule has 1 aliphatic rings. The maximum atomic E-state index is 15.0. The van der Waals surface area contributed by atoms with Crippen molar-refractivity contribution in [3.05, 3.63) is 64.2 Å². The second-order valence-corrected chi connectivity index (χ2v) is 13.5. The molecule has 0 saturated heterocycles. The predicted octanol–water partition coefficient (Wildman–Crippen LogP) is 4.45. The van der Waals surface area contributed by atoms with Gasteiger partial charge in [0.15, 0.2) is 5.75 Å². The Balaban J connectivity index is 2.00. The van der Waals surface area contributed by atoms with Crippen molar-refractivity contribution in [2.45, 2.75) is 55.8 Å². The van der Waals surface area contributed by atoms with E-state index in [1.54, 1.807) is 24.3 Å². The highest BCUT2D eigenvalue weighted by molar-refractivity contribution is 8.05. The summed E-state index contributed by atoms with van der Waals surface area (Å²) in [5, 5.41) is 2.43. The maximum absolute atomic E-state index is 15.0. The van der Waals surface area contributed by atoms with Crippen LogP contribution >= 0.6 is 11.6 Å². The molecule has 0 radical (unpaired) electrons. The molecule has 9 nitrogen and oxygen atoms in total. The zero-order chi connectivity index (χ0) is 28.5. The van der Waals surface area contributed by atoms with Crippen molar-refractivity contribution in [1.82, 2.24) is 0 Å². The van der Waals surface area contributed by atoms with Gasteiger partial charge in [-0.05, 0) is 35.1 Å². The first-order valence-electron chi connectivity index (χ1n) is 11.2. The summed E-state index contributed by atoms with van der Waals surface area (Å²) in [7, 11) is -9.74. The van der Waals surface area contributed by atoms with Crippen LogP contribution in [-0.4, -0.2) is 46.7 Å². The standard InChI is InChI=1S/C24H28ClF2NO8S2/c1-23(2,3)18-10-16(13-33-4)22(17(11-18)14-34-5)35-37(29,30)24(26,27)38(31,32)36-28-21-19-9-7-6-8-15(19)12-20(21)25/h6-11,20H,12-14H2,1-5H3/b28-21-. The van der Waals surface area contributed by atoms with Gasteiger partial charge in [0.25, 0.3) is 0 Å². The van der Waals surface area contributed by atoms with E-state index in [0.717, 1.165) is 0 Å². The number of oxime groups is 1. The van der Waals surface area contributed by atoms with Gasteiger partial charge in [0.1, 0.15) is 5.71 Å². The van der Waals surface area contributed by atoms with Gasteiger partial charge in [0.2, 0.25) is 0 Å². The van der Waals surface area contributed by atoms with E-state index in [1.807, 2.05) is 20.8 Å². The number of nitrogens with zero attached hydrogens (tertiary/aromatic N) is 1. The van der Waals surface area contributed by atoms with Gasteiger partial charge in [-0.1, -0.05) is 50.2 Å². The van der Waals surface area contributed by atoms with Gasteiger partial charge in [0.05, 0.1) is 18.6 Å². The van der Waals surface area contributed by atoms with E-state index >= 15 is 8.78 Å². The third-order valence-electron chi connectivity index (χ3n) is 5.71. The number of alkyl halides is 3. The highest BCUT2D eigenvalue weighted by Gasteiger charge is 2.63. The van der Waals surface area contributed by atoms with Crippen LogP contribution in [-0.2, 0) is 59.0 Å². The van der Waals surface area contributed by atoms with Gasteiger partial charge in [-0.3, -0.25) is 4.28 Å². The first kappa shape index (κ1) is 30.2. The van der Waals surface area contributed by atoms with Crippen LogP contribution in [0.2, 0.25) is 0 Å². The molecule has 0 N–H and O–H groups in total. The molecular formula is C24H28ClF2NO8S2. The van der Waals surface area contributed by atoms with Crippen LogP contribution in [0.5, 0.6) is 5.75 Å². The number of benzene rings is 2. The van der Waals surface area contributed by atoms with Crippen LogP contribution in [0.4, 0.5) is 8.78 Å². The molecule has 1 unspecified atom stereocenters. The van der Waals surface area contributed by atoms with E-state index in [-0.39, 0.29) is 36.5 Å². The number of rotatable bonds is 10. The fourth-order valence-electron chi connectivity index (χ4n) is 3.75. The Bertz CT molecular complexity index is 1410. The molecule has 3 rings (SSSR count). The average molecular weight is 596 g/mol. The Labute approximate surface area is 225 Å². The molecule has 2 aromatic rings. The molecule has 0 aromatic heterocycles. The van der Waals surface area contributed by atoms with E-state index in [2.05, 4.69) is 9.44 Å².